The average Bonchev–Trinajstić information content (AvgIpc) is 3.27. The number of ether oxygens (including phenoxy) is 1. The molecule has 0 radical (unpaired) electrons. The first-order valence-electron chi connectivity index (χ1n) is 8.72. The van der Waals surface area contributed by atoms with Crippen LogP contribution in [0.25, 0.3) is 11.1 Å². The number of hydrogen-bond donors (Lipinski definition) is 1. The highest BCUT2D eigenvalue weighted by atomic mass is 19.1. The van der Waals surface area contributed by atoms with Crippen LogP contribution in [-0.4, -0.2) is 47.9 Å². The molecule has 3 heterocycles. The molecular weight excluding hydrogens is 353 g/mol. The summed E-state index contributed by atoms with van der Waals surface area (Å²) in [6.45, 7) is 0.545. The molecule has 0 saturated carbocycles. The summed E-state index contributed by atoms with van der Waals surface area (Å²) in [5, 5.41) is 9.10. The number of pyridine rings is 1. The number of halogens is 1. The van der Waals surface area contributed by atoms with Crippen molar-refractivity contribution in [3.05, 3.63) is 42.3 Å². The first kappa shape index (κ1) is 17.4. The number of aliphatic hydroxyl groups excluding tert-OH is 1. The molecule has 1 aromatic carbocycles. The average molecular weight is 371 g/mol. The van der Waals surface area contributed by atoms with Crippen molar-refractivity contribution in [3.8, 4) is 11.1 Å². The monoisotopic (exact) mass is 371 g/mol. The molecule has 4 rings (SSSR count). The second-order valence-electron chi connectivity index (χ2n) is 6.52. The lowest BCUT2D eigenvalue weighted by Gasteiger charge is -2.16. The van der Waals surface area contributed by atoms with Gasteiger partial charge in [0.25, 0.3) is 0 Å². The maximum Gasteiger partial charge on any atom is 0.414 e. The highest BCUT2D eigenvalue weighted by molar-refractivity contribution is 5.94. The van der Waals surface area contributed by atoms with Gasteiger partial charge in [0.1, 0.15) is 17.7 Å². The summed E-state index contributed by atoms with van der Waals surface area (Å²) in [5.74, 6) is 0.108. The number of hydrogen-bond acceptors (Lipinski definition) is 5. The minimum atomic E-state index is -0.609. The van der Waals surface area contributed by atoms with Gasteiger partial charge in [0.05, 0.1) is 18.8 Å². The van der Waals surface area contributed by atoms with Crippen LogP contribution >= 0.6 is 0 Å². The Balaban J connectivity index is 1.56. The molecular formula is C19H18FN3O4. The van der Waals surface area contributed by atoms with Crippen LogP contribution in [0, 0.1) is 5.82 Å². The van der Waals surface area contributed by atoms with Gasteiger partial charge in [-0.1, -0.05) is 0 Å². The topological polar surface area (TPSA) is 83.0 Å². The van der Waals surface area contributed by atoms with Crippen molar-refractivity contribution in [3.63, 3.8) is 0 Å². The predicted octanol–water partition coefficient (Wildman–Crippen LogP) is 2.33. The van der Waals surface area contributed by atoms with E-state index in [2.05, 4.69) is 4.98 Å². The van der Waals surface area contributed by atoms with E-state index in [0.717, 1.165) is 6.42 Å². The number of cyclic esters (lactones) is 1. The van der Waals surface area contributed by atoms with E-state index in [0.29, 0.717) is 35.6 Å². The molecule has 0 bridgehead atoms. The molecule has 1 N–H and O–H groups in total. The van der Waals surface area contributed by atoms with E-state index in [1.165, 1.54) is 17.2 Å². The van der Waals surface area contributed by atoms with Crippen LogP contribution in [0.4, 0.5) is 20.7 Å². The Labute approximate surface area is 155 Å². The van der Waals surface area contributed by atoms with Gasteiger partial charge < -0.3 is 9.84 Å². The van der Waals surface area contributed by atoms with Crippen molar-refractivity contribution in [1.29, 1.82) is 0 Å². The maximum absolute atomic E-state index is 14.6. The predicted molar refractivity (Wildman–Crippen MR) is 95.9 cm³/mol. The smallest absolute Gasteiger partial charge is 0.414 e. The molecule has 2 aliphatic rings. The van der Waals surface area contributed by atoms with Crippen LogP contribution in [0.1, 0.15) is 12.8 Å². The Morgan fingerprint density at radius 2 is 2.07 bits per heavy atom. The number of nitrogens with zero attached hydrogens (tertiary/aromatic N) is 3. The van der Waals surface area contributed by atoms with Gasteiger partial charge in [0, 0.05) is 30.3 Å². The second-order valence-corrected chi connectivity index (χ2v) is 6.52. The molecule has 1 aromatic heterocycles. The van der Waals surface area contributed by atoms with Crippen LogP contribution in [0.5, 0.6) is 0 Å². The zero-order valence-electron chi connectivity index (χ0n) is 14.5. The van der Waals surface area contributed by atoms with Crippen molar-refractivity contribution in [2.24, 2.45) is 0 Å². The molecule has 27 heavy (non-hydrogen) atoms. The lowest BCUT2D eigenvalue weighted by Crippen LogP contribution is -2.25. The van der Waals surface area contributed by atoms with E-state index in [-0.39, 0.29) is 19.1 Å². The molecule has 2 aromatic rings. The van der Waals surface area contributed by atoms with Crippen molar-refractivity contribution in [2.75, 3.05) is 29.5 Å². The summed E-state index contributed by atoms with van der Waals surface area (Å²) in [4.78, 5) is 30.8. The molecule has 2 saturated heterocycles. The molecule has 1 unspecified atom stereocenters. The van der Waals surface area contributed by atoms with Gasteiger partial charge >= 0.3 is 6.09 Å². The van der Waals surface area contributed by atoms with Gasteiger partial charge in [-0.3, -0.25) is 14.6 Å². The van der Waals surface area contributed by atoms with E-state index >= 15 is 0 Å². The fourth-order valence-corrected chi connectivity index (χ4v) is 3.33. The van der Waals surface area contributed by atoms with Crippen molar-refractivity contribution >= 4 is 23.5 Å². The van der Waals surface area contributed by atoms with Crippen LogP contribution in [-0.2, 0) is 9.53 Å². The molecule has 8 heteroatoms. The Kier molecular flexibility index (Phi) is 4.49. The minimum Gasteiger partial charge on any atom is -0.441 e. The second kappa shape index (κ2) is 6.96. The lowest BCUT2D eigenvalue weighted by molar-refractivity contribution is -0.117. The molecule has 1 atom stereocenters. The zero-order valence-corrected chi connectivity index (χ0v) is 14.5. The lowest BCUT2D eigenvalue weighted by atomic mass is 10.1. The SMILES string of the molecule is O=C1OC(CO)CN1c1ccc(-c2ccc(N3CCCC3=O)nc2)c(F)c1. The van der Waals surface area contributed by atoms with Gasteiger partial charge in [0.2, 0.25) is 5.91 Å². The number of aromatic nitrogens is 1. The normalized spacial score (nSPS) is 19.7. The quantitative estimate of drug-likeness (QED) is 0.892. The number of rotatable bonds is 4. The summed E-state index contributed by atoms with van der Waals surface area (Å²) in [6, 6.07) is 7.88. The molecule has 0 spiro atoms. The largest absolute Gasteiger partial charge is 0.441 e. The zero-order chi connectivity index (χ0) is 19.0. The summed E-state index contributed by atoms with van der Waals surface area (Å²) in [7, 11) is 0. The standard InChI is InChI=1S/C19H18FN3O4/c20-16-8-13(23-10-14(11-24)27-19(23)26)4-5-15(16)12-3-6-17(21-9-12)22-7-1-2-18(22)25/h3-6,8-9,14,24H,1-2,7,10-11H2. The number of anilines is 2. The van der Waals surface area contributed by atoms with E-state index in [1.807, 2.05) is 0 Å². The molecule has 2 amide bonds. The number of carbonyl (C=O) groups is 2. The Morgan fingerprint density at radius 1 is 1.22 bits per heavy atom. The number of carbonyl (C=O) groups excluding carboxylic acids is 2. The molecule has 2 aliphatic heterocycles. The third-order valence-electron chi connectivity index (χ3n) is 4.75. The molecule has 7 nitrogen and oxygen atoms in total. The van der Waals surface area contributed by atoms with Crippen LogP contribution in [0.3, 0.4) is 0 Å². The van der Waals surface area contributed by atoms with Crippen LogP contribution < -0.4 is 9.80 Å². The van der Waals surface area contributed by atoms with Crippen molar-refractivity contribution in [1.82, 2.24) is 4.98 Å². The Bertz CT molecular complexity index is 887. The fraction of sp³-hybridized carbons (Fsp3) is 0.316. The molecule has 2 fully saturated rings. The minimum absolute atomic E-state index is 0.0458. The van der Waals surface area contributed by atoms with Crippen molar-refractivity contribution in [2.45, 2.75) is 18.9 Å². The number of aliphatic hydroxyl groups is 1. The van der Waals surface area contributed by atoms with E-state index in [9.17, 15) is 14.0 Å². The molecule has 0 aliphatic carbocycles. The Hall–Kier alpha value is -3.00. The van der Waals surface area contributed by atoms with Gasteiger partial charge in [-0.15, -0.1) is 0 Å². The van der Waals surface area contributed by atoms with Gasteiger partial charge in [-0.2, -0.15) is 0 Å². The summed E-state index contributed by atoms with van der Waals surface area (Å²) in [5.41, 5.74) is 1.29. The van der Waals surface area contributed by atoms with Gasteiger partial charge in [0.15, 0.2) is 0 Å². The van der Waals surface area contributed by atoms with Crippen LogP contribution in [0.15, 0.2) is 36.5 Å². The summed E-state index contributed by atoms with van der Waals surface area (Å²) >= 11 is 0. The van der Waals surface area contributed by atoms with Gasteiger partial charge in [-0.25, -0.2) is 14.2 Å². The van der Waals surface area contributed by atoms with Crippen molar-refractivity contribution < 1.29 is 23.8 Å². The fourth-order valence-electron chi connectivity index (χ4n) is 3.33. The summed E-state index contributed by atoms with van der Waals surface area (Å²) < 4.78 is 19.6. The van der Waals surface area contributed by atoms with E-state index in [1.54, 1.807) is 29.2 Å². The van der Waals surface area contributed by atoms with E-state index < -0.39 is 18.0 Å². The third kappa shape index (κ3) is 3.23. The summed E-state index contributed by atoms with van der Waals surface area (Å²) in [6.07, 6.45) is 1.65. The Morgan fingerprint density at radius 3 is 2.67 bits per heavy atom. The van der Waals surface area contributed by atoms with Gasteiger partial charge in [-0.05, 0) is 36.8 Å². The first-order valence-corrected chi connectivity index (χ1v) is 8.72. The number of amides is 2. The third-order valence-corrected chi connectivity index (χ3v) is 4.75. The number of benzene rings is 1. The highest BCUT2D eigenvalue weighted by Gasteiger charge is 2.32. The van der Waals surface area contributed by atoms with Crippen LogP contribution in [0.2, 0.25) is 0 Å². The van der Waals surface area contributed by atoms with E-state index in [4.69, 9.17) is 9.84 Å². The first-order chi connectivity index (χ1) is 13.1. The highest BCUT2D eigenvalue weighted by Crippen LogP contribution is 2.30. The maximum atomic E-state index is 14.6. The molecule has 140 valence electrons.